The van der Waals surface area contributed by atoms with Crippen LogP contribution in [0.5, 0.6) is 0 Å². The second kappa shape index (κ2) is 6.28. The van der Waals surface area contributed by atoms with E-state index in [2.05, 4.69) is 11.8 Å². The van der Waals surface area contributed by atoms with Crippen molar-refractivity contribution in [3.8, 4) is 11.8 Å². The summed E-state index contributed by atoms with van der Waals surface area (Å²) in [5.74, 6) is 5.13. The fourth-order valence-electron chi connectivity index (χ4n) is 1.28. The van der Waals surface area contributed by atoms with Crippen molar-refractivity contribution in [3.05, 3.63) is 21.9 Å². The lowest BCUT2D eigenvalue weighted by atomic mass is 10.2. The summed E-state index contributed by atoms with van der Waals surface area (Å²) in [7, 11) is 1.83. The predicted octanol–water partition coefficient (Wildman–Crippen LogP) is 0.00900. The van der Waals surface area contributed by atoms with E-state index in [1.165, 1.54) is 0 Å². The van der Waals surface area contributed by atoms with Crippen LogP contribution in [0.15, 0.2) is 11.4 Å². The van der Waals surface area contributed by atoms with Crippen LogP contribution in [0.4, 0.5) is 0 Å². The van der Waals surface area contributed by atoms with Gasteiger partial charge in [0.1, 0.15) is 6.61 Å². The third-order valence-corrected chi connectivity index (χ3v) is 2.79. The zero-order chi connectivity index (χ0) is 12.0. The molecule has 1 rings (SSSR count). The molecule has 0 bridgehead atoms. The van der Waals surface area contributed by atoms with Gasteiger partial charge in [-0.25, -0.2) is 0 Å². The third-order valence-electron chi connectivity index (χ3n) is 1.89. The van der Waals surface area contributed by atoms with Crippen molar-refractivity contribution >= 4 is 17.2 Å². The fraction of sp³-hybridized carbons (Fsp3) is 0.364. The molecule has 1 amide bonds. The molecule has 3 N–H and O–H groups in total. The van der Waals surface area contributed by atoms with E-state index in [1.807, 2.05) is 23.4 Å². The number of primary amides is 1. The topological polar surface area (TPSA) is 66.6 Å². The highest BCUT2D eigenvalue weighted by atomic mass is 32.1. The van der Waals surface area contributed by atoms with Gasteiger partial charge < -0.3 is 10.8 Å². The number of amides is 1. The molecular weight excluding hydrogens is 224 g/mol. The highest BCUT2D eigenvalue weighted by Gasteiger charge is 2.07. The minimum atomic E-state index is -0.345. The third kappa shape index (κ3) is 4.03. The zero-order valence-corrected chi connectivity index (χ0v) is 9.88. The largest absolute Gasteiger partial charge is 0.384 e. The maximum atomic E-state index is 10.7. The first-order valence-corrected chi connectivity index (χ1v) is 5.64. The highest BCUT2D eigenvalue weighted by Crippen LogP contribution is 2.17. The Bertz CT molecular complexity index is 417. The monoisotopic (exact) mass is 238 g/mol. The van der Waals surface area contributed by atoms with E-state index >= 15 is 0 Å². The first-order valence-electron chi connectivity index (χ1n) is 4.76. The quantitative estimate of drug-likeness (QED) is 0.726. The molecule has 86 valence electrons. The molecule has 0 saturated heterocycles. The molecule has 4 nitrogen and oxygen atoms in total. The summed E-state index contributed by atoms with van der Waals surface area (Å²) < 4.78 is 0. The molecule has 0 aromatic carbocycles. The van der Waals surface area contributed by atoms with E-state index in [9.17, 15) is 4.79 Å². The summed E-state index contributed by atoms with van der Waals surface area (Å²) in [6.07, 6.45) is 0. The van der Waals surface area contributed by atoms with Gasteiger partial charge in [-0.2, -0.15) is 0 Å². The molecule has 1 heterocycles. The van der Waals surface area contributed by atoms with Crippen molar-refractivity contribution in [2.24, 2.45) is 5.73 Å². The number of likely N-dealkylation sites (N-methyl/N-ethyl adjacent to an activating group) is 1. The predicted molar refractivity (Wildman–Crippen MR) is 63.8 cm³/mol. The molecule has 1 aromatic heterocycles. The molecule has 16 heavy (non-hydrogen) atoms. The van der Waals surface area contributed by atoms with E-state index < -0.39 is 0 Å². The van der Waals surface area contributed by atoms with Crippen molar-refractivity contribution in [1.29, 1.82) is 0 Å². The molecule has 0 aliphatic carbocycles. The summed E-state index contributed by atoms with van der Waals surface area (Å²) in [5, 5.41) is 10.6. The van der Waals surface area contributed by atoms with Gasteiger partial charge in [0, 0.05) is 17.0 Å². The lowest BCUT2D eigenvalue weighted by Gasteiger charge is -2.13. The van der Waals surface area contributed by atoms with Crippen LogP contribution < -0.4 is 5.73 Å². The van der Waals surface area contributed by atoms with Crippen LogP contribution in [0.3, 0.4) is 0 Å². The Hall–Kier alpha value is -1.35. The van der Waals surface area contributed by atoms with Crippen molar-refractivity contribution in [2.45, 2.75) is 6.54 Å². The summed E-state index contributed by atoms with van der Waals surface area (Å²) in [4.78, 5) is 13.6. The summed E-state index contributed by atoms with van der Waals surface area (Å²) in [6, 6.07) is 1.90. The summed E-state index contributed by atoms with van der Waals surface area (Å²) in [6.45, 7) is 0.716. The van der Waals surface area contributed by atoms with Crippen LogP contribution in [0.25, 0.3) is 0 Å². The zero-order valence-electron chi connectivity index (χ0n) is 9.06. The minimum Gasteiger partial charge on any atom is -0.384 e. The summed E-state index contributed by atoms with van der Waals surface area (Å²) in [5.41, 5.74) is 6.00. The Labute approximate surface area is 98.7 Å². The van der Waals surface area contributed by atoms with Crippen LogP contribution in [0, 0.1) is 11.8 Å². The van der Waals surface area contributed by atoms with E-state index in [1.54, 1.807) is 11.3 Å². The van der Waals surface area contributed by atoms with Crippen molar-refractivity contribution < 1.29 is 9.90 Å². The molecule has 0 unspecified atom stereocenters. The van der Waals surface area contributed by atoms with E-state index in [4.69, 9.17) is 10.8 Å². The maximum absolute atomic E-state index is 10.7. The average molecular weight is 238 g/mol. The SMILES string of the molecule is CN(CC(N)=O)Cc1sccc1C#CCO. The molecule has 0 radical (unpaired) electrons. The minimum absolute atomic E-state index is 0.146. The Balaban J connectivity index is 2.66. The van der Waals surface area contributed by atoms with Gasteiger partial charge in [-0.15, -0.1) is 11.3 Å². The smallest absolute Gasteiger partial charge is 0.231 e. The van der Waals surface area contributed by atoms with Crippen molar-refractivity contribution in [2.75, 3.05) is 20.2 Å². The Morgan fingerprint density at radius 1 is 1.69 bits per heavy atom. The van der Waals surface area contributed by atoms with Crippen molar-refractivity contribution in [3.63, 3.8) is 0 Å². The molecule has 0 atom stereocenters. The Kier molecular flexibility index (Phi) is 4.99. The summed E-state index contributed by atoms with van der Waals surface area (Å²) >= 11 is 1.58. The highest BCUT2D eigenvalue weighted by molar-refractivity contribution is 7.10. The first-order chi connectivity index (χ1) is 7.63. The fourth-order valence-corrected chi connectivity index (χ4v) is 2.19. The maximum Gasteiger partial charge on any atom is 0.231 e. The van der Waals surface area contributed by atoms with Crippen LogP contribution >= 0.6 is 11.3 Å². The van der Waals surface area contributed by atoms with Gasteiger partial charge in [0.25, 0.3) is 0 Å². The first kappa shape index (κ1) is 12.7. The van der Waals surface area contributed by atoms with Crippen LogP contribution in [0.2, 0.25) is 0 Å². The number of hydrogen-bond donors (Lipinski definition) is 2. The Morgan fingerprint density at radius 3 is 3.06 bits per heavy atom. The Morgan fingerprint density at radius 2 is 2.44 bits per heavy atom. The molecular formula is C11H14N2O2S. The standard InChI is InChI=1S/C11H14N2O2S/c1-13(8-11(12)15)7-10-9(3-2-5-14)4-6-16-10/h4,6,14H,5,7-8H2,1H3,(H2,12,15). The number of nitrogens with two attached hydrogens (primary N) is 1. The van der Waals surface area contributed by atoms with E-state index in [-0.39, 0.29) is 19.1 Å². The van der Waals surface area contributed by atoms with E-state index in [0.717, 1.165) is 10.4 Å². The van der Waals surface area contributed by atoms with Gasteiger partial charge in [-0.05, 0) is 18.5 Å². The van der Waals surface area contributed by atoms with Crippen LogP contribution in [0.1, 0.15) is 10.4 Å². The van der Waals surface area contributed by atoms with Crippen molar-refractivity contribution in [1.82, 2.24) is 4.90 Å². The number of aliphatic hydroxyl groups excluding tert-OH is 1. The second-order valence-corrected chi connectivity index (χ2v) is 4.36. The molecule has 0 aliphatic rings. The molecule has 0 aliphatic heterocycles. The lowest BCUT2D eigenvalue weighted by Crippen LogP contribution is -2.30. The van der Waals surface area contributed by atoms with Gasteiger partial charge in [-0.3, -0.25) is 9.69 Å². The molecule has 0 saturated carbocycles. The number of aliphatic hydroxyl groups is 1. The van der Waals surface area contributed by atoms with Gasteiger partial charge >= 0.3 is 0 Å². The molecule has 5 heteroatoms. The number of carbonyl (C=O) groups excluding carboxylic acids is 1. The van der Waals surface area contributed by atoms with Gasteiger partial charge in [0.2, 0.25) is 5.91 Å². The number of nitrogens with zero attached hydrogens (tertiary/aromatic N) is 1. The van der Waals surface area contributed by atoms with Gasteiger partial charge in [0.15, 0.2) is 0 Å². The molecule has 0 spiro atoms. The van der Waals surface area contributed by atoms with Crippen LogP contribution in [-0.4, -0.2) is 36.1 Å². The number of thiophene rings is 1. The van der Waals surface area contributed by atoms with Gasteiger partial charge in [0.05, 0.1) is 6.54 Å². The van der Waals surface area contributed by atoms with Gasteiger partial charge in [-0.1, -0.05) is 11.8 Å². The second-order valence-electron chi connectivity index (χ2n) is 3.36. The number of rotatable bonds is 4. The normalized spacial score (nSPS) is 9.94. The number of carbonyl (C=O) groups is 1. The molecule has 1 aromatic rings. The number of hydrogen-bond acceptors (Lipinski definition) is 4. The average Bonchev–Trinajstić information content (AvgIpc) is 2.61. The lowest BCUT2D eigenvalue weighted by molar-refractivity contribution is -0.118. The van der Waals surface area contributed by atoms with Crippen LogP contribution in [-0.2, 0) is 11.3 Å². The molecule has 0 fully saturated rings. The van der Waals surface area contributed by atoms with E-state index in [0.29, 0.717) is 6.54 Å².